The van der Waals surface area contributed by atoms with Gasteiger partial charge in [-0.3, -0.25) is 0 Å². The molecule has 13 aromatic rings. The molecule has 4 heteroatoms. The van der Waals surface area contributed by atoms with Gasteiger partial charge in [-0.15, -0.1) is 0 Å². The largest absolute Gasteiger partial charge is 0.309 e. The van der Waals surface area contributed by atoms with Gasteiger partial charge < -0.3 is 8.97 Å². The lowest BCUT2D eigenvalue weighted by molar-refractivity contribution is 1.18. The molecular formula is C54H32N4. The van der Waals surface area contributed by atoms with Gasteiger partial charge in [0.2, 0.25) is 0 Å². The zero-order valence-corrected chi connectivity index (χ0v) is 31.3. The lowest BCUT2D eigenvalue weighted by Gasteiger charge is -2.13. The van der Waals surface area contributed by atoms with E-state index in [1.54, 1.807) is 0 Å². The van der Waals surface area contributed by atoms with Crippen molar-refractivity contribution in [1.29, 1.82) is 0 Å². The molecule has 4 heterocycles. The molecule has 0 bridgehead atoms. The summed E-state index contributed by atoms with van der Waals surface area (Å²) in [6, 6.07) is 69.8. The predicted molar refractivity (Wildman–Crippen MR) is 242 cm³/mol. The summed E-state index contributed by atoms with van der Waals surface area (Å²) in [6.45, 7) is 0. The maximum absolute atomic E-state index is 5.25. The van der Waals surface area contributed by atoms with E-state index in [9.17, 15) is 0 Å². The van der Waals surface area contributed by atoms with E-state index in [1.807, 2.05) is 24.3 Å². The lowest BCUT2D eigenvalue weighted by Crippen LogP contribution is -1.97. The van der Waals surface area contributed by atoms with Crippen LogP contribution < -0.4 is 0 Å². The smallest absolute Gasteiger partial charge is 0.0973 e. The highest BCUT2D eigenvalue weighted by Gasteiger charge is 2.25. The molecule has 0 N–H and O–H groups in total. The van der Waals surface area contributed by atoms with Crippen molar-refractivity contribution in [3.63, 3.8) is 0 Å². The van der Waals surface area contributed by atoms with Gasteiger partial charge >= 0.3 is 0 Å². The van der Waals surface area contributed by atoms with Gasteiger partial charge in [-0.25, -0.2) is 9.97 Å². The van der Waals surface area contributed by atoms with E-state index >= 15 is 0 Å². The zero-order chi connectivity index (χ0) is 37.9. The normalized spacial score (nSPS) is 12.1. The van der Waals surface area contributed by atoms with E-state index < -0.39 is 0 Å². The molecule has 4 aromatic heterocycles. The van der Waals surface area contributed by atoms with Crippen LogP contribution in [0.4, 0.5) is 0 Å². The van der Waals surface area contributed by atoms with Crippen molar-refractivity contribution >= 4 is 81.7 Å². The summed E-state index contributed by atoms with van der Waals surface area (Å²) >= 11 is 0. The van der Waals surface area contributed by atoms with Crippen molar-refractivity contribution in [3.8, 4) is 39.3 Å². The third-order valence-corrected chi connectivity index (χ3v) is 12.2. The van der Waals surface area contributed by atoms with E-state index in [4.69, 9.17) is 9.97 Å². The number of aromatic nitrogens is 4. The summed E-state index contributed by atoms with van der Waals surface area (Å²) in [5.41, 5.74) is 15.2. The zero-order valence-electron chi connectivity index (χ0n) is 31.3. The Morgan fingerprint density at radius 3 is 1.64 bits per heavy atom. The number of para-hydroxylation sites is 4. The maximum atomic E-state index is 5.25. The molecule has 0 atom stereocenters. The van der Waals surface area contributed by atoms with Crippen LogP contribution >= 0.6 is 0 Å². The summed E-state index contributed by atoms with van der Waals surface area (Å²) in [5, 5.41) is 10.2. The standard InChI is InChI=1S/C54H32N4/c1-2-12-33(13-3-1)34-22-24-36(25-23-34)51-52(56-45-19-9-8-18-44(45)55-51)37-26-29-38(30-27-37)57-47-21-11-7-17-41(47)49-48(57)32-43-40-16-6-10-20-46(40)58-53-39-15-5-4-14-35(39)28-31-42(53)50(49)54(43)58/h1-32H. The van der Waals surface area contributed by atoms with Gasteiger partial charge in [-0.2, -0.15) is 0 Å². The van der Waals surface area contributed by atoms with Gasteiger partial charge in [0.05, 0.1) is 50.0 Å². The van der Waals surface area contributed by atoms with Gasteiger partial charge in [0.25, 0.3) is 0 Å². The van der Waals surface area contributed by atoms with Crippen molar-refractivity contribution in [2.45, 2.75) is 0 Å². The molecular weight excluding hydrogens is 705 g/mol. The number of rotatable bonds is 4. The van der Waals surface area contributed by atoms with Crippen molar-refractivity contribution < 1.29 is 0 Å². The fourth-order valence-corrected chi connectivity index (χ4v) is 9.66. The number of nitrogens with zero attached hydrogens (tertiary/aromatic N) is 4. The summed E-state index contributed by atoms with van der Waals surface area (Å²) in [7, 11) is 0. The van der Waals surface area contributed by atoms with Crippen LogP contribution in [0.15, 0.2) is 194 Å². The highest BCUT2D eigenvalue weighted by atomic mass is 15.0. The van der Waals surface area contributed by atoms with Crippen LogP contribution in [0.3, 0.4) is 0 Å². The fourth-order valence-electron chi connectivity index (χ4n) is 9.66. The highest BCUT2D eigenvalue weighted by molar-refractivity contribution is 6.37. The molecule has 0 spiro atoms. The quantitative estimate of drug-likeness (QED) is 0.180. The SMILES string of the molecule is c1ccc(-c2ccc(-c3nc4ccccc4nc3-c3ccc(-n4c5ccccc5c5c6c7ccc8ccccc8c7n7c8ccccc8c(cc54)c67)cc3)cc2)cc1. The molecule has 4 nitrogen and oxygen atoms in total. The molecule has 0 aliphatic heterocycles. The summed E-state index contributed by atoms with van der Waals surface area (Å²) < 4.78 is 4.97. The second-order valence-corrected chi connectivity index (χ2v) is 15.3. The molecule has 0 unspecified atom stereocenters. The van der Waals surface area contributed by atoms with E-state index in [0.29, 0.717) is 0 Å². The Bertz CT molecular complexity index is 3760. The Balaban J connectivity index is 1.04. The Kier molecular flexibility index (Phi) is 6.41. The summed E-state index contributed by atoms with van der Waals surface area (Å²) in [6.07, 6.45) is 0. The summed E-state index contributed by atoms with van der Waals surface area (Å²) in [4.78, 5) is 10.5. The Labute approximate surface area is 332 Å². The lowest BCUT2D eigenvalue weighted by atomic mass is 9.99. The molecule has 0 aliphatic carbocycles. The fraction of sp³-hybridized carbons (Fsp3) is 0. The molecule has 0 aliphatic rings. The van der Waals surface area contributed by atoms with Crippen LogP contribution in [-0.4, -0.2) is 18.9 Å². The van der Waals surface area contributed by atoms with E-state index in [0.717, 1.165) is 39.2 Å². The van der Waals surface area contributed by atoms with Gasteiger partial charge in [-0.05, 0) is 59.0 Å². The van der Waals surface area contributed by atoms with Gasteiger partial charge in [-0.1, -0.05) is 152 Å². The third-order valence-electron chi connectivity index (χ3n) is 12.2. The van der Waals surface area contributed by atoms with Crippen LogP contribution in [0.2, 0.25) is 0 Å². The Hall–Kier alpha value is -7.82. The minimum atomic E-state index is 0.867. The highest BCUT2D eigenvalue weighted by Crippen LogP contribution is 2.48. The van der Waals surface area contributed by atoms with Crippen LogP contribution in [0.25, 0.3) is 121 Å². The van der Waals surface area contributed by atoms with E-state index in [2.05, 4.69) is 179 Å². The van der Waals surface area contributed by atoms with Gasteiger partial charge in [0.1, 0.15) is 0 Å². The number of hydrogen-bond acceptors (Lipinski definition) is 2. The van der Waals surface area contributed by atoms with Crippen molar-refractivity contribution in [2.75, 3.05) is 0 Å². The minimum Gasteiger partial charge on any atom is -0.309 e. The molecule has 0 saturated heterocycles. The third kappa shape index (κ3) is 4.34. The van der Waals surface area contributed by atoms with Crippen molar-refractivity contribution in [1.82, 2.24) is 18.9 Å². The first-order chi connectivity index (χ1) is 28.8. The van der Waals surface area contributed by atoms with Crippen LogP contribution in [-0.2, 0) is 0 Å². The van der Waals surface area contributed by atoms with Crippen LogP contribution in [0, 0.1) is 0 Å². The number of benzene rings is 9. The van der Waals surface area contributed by atoms with Gasteiger partial charge in [0.15, 0.2) is 0 Å². The summed E-state index contributed by atoms with van der Waals surface area (Å²) in [5.74, 6) is 0. The first-order valence-corrected chi connectivity index (χ1v) is 19.8. The molecule has 9 aromatic carbocycles. The molecule has 268 valence electrons. The number of hydrogen-bond donors (Lipinski definition) is 0. The predicted octanol–water partition coefficient (Wildman–Crippen LogP) is 14.0. The first kappa shape index (κ1) is 31.4. The second kappa shape index (κ2) is 11.8. The molecule has 0 saturated carbocycles. The Morgan fingerprint density at radius 2 is 0.897 bits per heavy atom. The minimum absolute atomic E-state index is 0.867. The average molecular weight is 737 g/mol. The van der Waals surface area contributed by atoms with E-state index in [-0.39, 0.29) is 0 Å². The Morgan fingerprint density at radius 1 is 0.328 bits per heavy atom. The molecule has 0 radical (unpaired) electrons. The molecule has 13 rings (SSSR count). The average Bonchev–Trinajstić information content (AvgIpc) is 3.94. The molecule has 0 fully saturated rings. The maximum Gasteiger partial charge on any atom is 0.0973 e. The monoisotopic (exact) mass is 736 g/mol. The topological polar surface area (TPSA) is 35.1 Å². The van der Waals surface area contributed by atoms with Crippen molar-refractivity contribution in [2.24, 2.45) is 0 Å². The van der Waals surface area contributed by atoms with Crippen LogP contribution in [0.5, 0.6) is 0 Å². The van der Waals surface area contributed by atoms with Crippen LogP contribution in [0.1, 0.15) is 0 Å². The van der Waals surface area contributed by atoms with E-state index in [1.165, 1.54) is 81.8 Å². The molecule has 58 heavy (non-hydrogen) atoms. The number of fused-ring (bicyclic) bond motifs is 13. The second-order valence-electron chi connectivity index (χ2n) is 15.3. The van der Waals surface area contributed by atoms with Gasteiger partial charge in [0, 0.05) is 54.5 Å². The molecule has 0 amide bonds. The van der Waals surface area contributed by atoms with Crippen molar-refractivity contribution in [3.05, 3.63) is 194 Å². The first-order valence-electron chi connectivity index (χ1n) is 19.8.